The smallest absolute Gasteiger partial charge is 0.261 e. The fourth-order valence-electron chi connectivity index (χ4n) is 2.70. The highest BCUT2D eigenvalue weighted by atomic mass is 79.9. The molecule has 1 aromatic heterocycles. The standard InChI is InChI=1S/C20H13BrClN3O3S2/c21-12-5-10-17-18(11-12)29-20(23-17)24-19(26)15-3-1-2-4-16(15)25-30(27,28)14-8-6-13(22)7-9-14/h1-11,25H,(H,23,24,26). The van der Waals surface area contributed by atoms with Crippen LogP contribution in [-0.2, 0) is 10.0 Å². The van der Waals surface area contributed by atoms with Gasteiger partial charge in [0.15, 0.2) is 5.13 Å². The number of fused-ring (bicyclic) bond motifs is 1. The van der Waals surface area contributed by atoms with E-state index in [9.17, 15) is 13.2 Å². The molecule has 0 spiro atoms. The minimum Gasteiger partial charge on any atom is -0.298 e. The molecule has 0 atom stereocenters. The average Bonchev–Trinajstić information content (AvgIpc) is 3.09. The van der Waals surface area contributed by atoms with Crippen molar-refractivity contribution in [1.82, 2.24) is 4.98 Å². The van der Waals surface area contributed by atoms with E-state index in [0.717, 1.165) is 14.7 Å². The van der Waals surface area contributed by atoms with E-state index in [-0.39, 0.29) is 16.1 Å². The molecule has 4 rings (SSSR count). The van der Waals surface area contributed by atoms with Gasteiger partial charge in [0.2, 0.25) is 0 Å². The molecule has 0 unspecified atom stereocenters. The first-order valence-corrected chi connectivity index (χ1v) is 12.0. The van der Waals surface area contributed by atoms with Gasteiger partial charge < -0.3 is 0 Å². The first kappa shape index (κ1) is 20.8. The van der Waals surface area contributed by atoms with Gasteiger partial charge in [0.25, 0.3) is 15.9 Å². The van der Waals surface area contributed by atoms with Crippen molar-refractivity contribution in [3.05, 3.63) is 81.8 Å². The zero-order chi connectivity index (χ0) is 21.3. The van der Waals surface area contributed by atoms with Crippen LogP contribution in [0.15, 0.2) is 76.1 Å². The van der Waals surface area contributed by atoms with Crippen LogP contribution in [0.2, 0.25) is 5.02 Å². The van der Waals surface area contributed by atoms with Gasteiger partial charge in [-0.15, -0.1) is 0 Å². The van der Waals surface area contributed by atoms with Crippen molar-refractivity contribution in [2.24, 2.45) is 0 Å². The molecule has 1 amide bonds. The largest absolute Gasteiger partial charge is 0.298 e. The minimum absolute atomic E-state index is 0.0406. The van der Waals surface area contributed by atoms with Crippen molar-refractivity contribution in [3.8, 4) is 0 Å². The molecule has 152 valence electrons. The van der Waals surface area contributed by atoms with Gasteiger partial charge in [-0.3, -0.25) is 14.8 Å². The van der Waals surface area contributed by atoms with Gasteiger partial charge in [0.05, 0.1) is 26.4 Å². The van der Waals surface area contributed by atoms with E-state index in [4.69, 9.17) is 11.6 Å². The number of carbonyl (C=O) groups excluding carboxylic acids is 1. The van der Waals surface area contributed by atoms with Crippen LogP contribution in [0.4, 0.5) is 10.8 Å². The van der Waals surface area contributed by atoms with E-state index in [1.807, 2.05) is 18.2 Å². The number of rotatable bonds is 5. The summed E-state index contributed by atoms with van der Waals surface area (Å²) in [5, 5.41) is 3.59. The fraction of sp³-hybridized carbons (Fsp3) is 0. The van der Waals surface area contributed by atoms with Crippen molar-refractivity contribution in [2.75, 3.05) is 10.0 Å². The highest BCUT2D eigenvalue weighted by Crippen LogP contribution is 2.29. The third kappa shape index (κ3) is 4.49. The summed E-state index contributed by atoms with van der Waals surface area (Å²) in [6.07, 6.45) is 0. The van der Waals surface area contributed by atoms with Crippen molar-refractivity contribution < 1.29 is 13.2 Å². The van der Waals surface area contributed by atoms with Crippen LogP contribution in [0.25, 0.3) is 10.2 Å². The number of carbonyl (C=O) groups is 1. The molecular weight excluding hydrogens is 510 g/mol. The second-order valence-electron chi connectivity index (χ2n) is 6.19. The maximum atomic E-state index is 12.8. The molecule has 6 nitrogen and oxygen atoms in total. The maximum Gasteiger partial charge on any atom is 0.261 e. The zero-order valence-corrected chi connectivity index (χ0v) is 19.1. The number of nitrogens with zero attached hydrogens (tertiary/aromatic N) is 1. The van der Waals surface area contributed by atoms with Crippen molar-refractivity contribution in [3.63, 3.8) is 0 Å². The molecule has 0 aliphatic heterocycles. The highest BCUT2D eigenvalue weighted by molar-refractivity contribution is 9.10. The number of amides is 1. The van der Waals surface area contributed by atoms with E-state index in [1.165, 1.54) is 41.7 Å². The van der Waals surface area contributed by atoms with Gasteiger partial charge >= 0.3 is 0 Å². The SMILES string of the molecule is O=C(Nc1nc2ccc(Br)cc2s1)c1ccccc1NS(=O)(=O)c1ccc(Cl)cc1. The van der Waals surface area contributed by atoms with E-state index in [1.54, 1.807) is 18.2 Å². The lowest BCUT2D eigenvalue weighted by molar-refractivity contribution is 0.102. The molecule has 0 fully saturated rings. The first-order chi connectivity index (χ1) is 14.3. The number of para-hydroxylation sites is 1. The summed E-state index contributed by atoms with van der Waals surface area (Å²) in [5.74, 6) is -0.470. The lowest BCUT2D eigenvalue weighted by atomic mass is 10.2. The van der Waals surface area contributed by atoms with E-state index >= 15 is 0 Å². The van der Waals surface area contributed by atoms with Gasteiger partial charge in [0, 0.05) is 9.50 Å². The number of halogens is 2. The number of anilines is 2. The van der Waals surface area contributed by atoms with Crippen molar-refractivity contribution >= 4 is 75.8 Å². The van der Waals surface area contributed by atoms with E-state index < -0.39 is 15.9 Å². The summed E-state index contributed by atoms with van der Waals surface area (Å²) in [4.78, 5) is 17.3. The molecule has 3 aromatic carbocycles. The molecule has 0 aliphatic carbocycles. The fourth-order valence-corrected chi connectivity index (χ4v) is 5.32. The molecule has 0 radical (unpaired) electrons. The quantitative estimate of drug-likeness (QED) is 0.348. The van der Waals surface area contributed by atoms with Crippen LogP contribution in [0.5, 0.6) is 0 Å². The van der Waals surface area contributed by atoms with Crippen LogP contribution in [0.3, 0.4) is 0 Å². The highest BCUT2D eigenvalue weighted by Gasteiger charge is 2.19. The van der Waals surface area contributed by atoms with Crippen LogP contribution in [-0.4, -0.2) is 19.3 Å². The average molecular weight is 523 g/mol. The Morgan fingerprint density at radius 1 is 1.03 bits per heavy atom. The number of nitrogens with one attached hydrogen (secondary N) is 2. The second kappa shape index (κ2) is 8.35. The molecule has 30 heavy (non-hydrogen) atoms. The molecular formula is C20H13BrClN3O3S2. The predicted octanol–water partition coefficient (Wildman–Crippen LogP) is 5.77. The predicted molar refractivity (Wildman–Crippen MR) is 124 cm³/mol. The Hall–Kier alpha value is -2.46. The topological polar surface area (TPSA) is 88.2 Å². The number of benzene rings is 3. The molecule has 0 saturated carbocycles. The third-order valence-electron chi connectivity index (χ3n) is 4.11. The lowest BCUT2D eigenvalue weighted by Gasteiger charge is -2.12. The van der Waals surface area contributed by atoms with Crippen molar-refractivity contribution in [1.29, 1.82) is 0 Å². The molecule has 0 aliphatic rings. The Morgan fingerprint density at radius 3 is 2.53 bits per heavy atom. The molecule has 2 N–H and O–H groups in total. The summed E-state index contributed by atoms with van der Waals surface area (Å²) in [6, 6.07) is 17.8. The van der Waals surface area contributed by atoms with Gasteiger partial charge in [-0.05, 0) is 54.6 Å². The summed E-state index contributed by atoms with van der Waals surface area (Å²) in [5.41, 5.74) is 1.10. The number of hydrogen-bond donors (Lipinski definition) is 2. The number of aromatic nitrogens is 1. The summed E-state index contributed by atoms with van der Waals surface area (Å²) < 4.78 is 29.7. The maximum absolute atomic E-state index is 12.8. The number of thiazole rings is 1. The van der Waals surface area contributed by atoms with Gasteiger partial charge in [-0.2, -0.15) is 0 Å². The molecule has 0 saturated heterocycles. The normalized spacial score (nSPS) is 11.4. The van der Waals surface area contributed by atoms with Crippen LogP contribution in [0.1, 0.15) is 10.4 Å². The Labute approximate surface area is 190 Å². The zero-order valence-electron chi connectivity index (χ0n) is 15.1. The summed E-state index contributed by atoms with van der Waals surface area (Å²) >= 11 is 10.6. The van der Waals surface area contributed by atoms with Gasteiger partial charge in [-0.25, -0.2) is 13.4 Å². The van der Waals surface area contributed by atoms with Crippen molar-refractivity contribution in [2.45, 2.75) is 4.90 Å². The van der Waals surface area contributed by atoms with Crippen LogP contribution in [0, 0.1) is 0 Å². The van der Waals surface area contributed by atoms with Crippen LogP contribution >= 0.6 is 38.9 Å². The van der Waals surface area contributed by atoms with Crippen LogP contribution < -0.4 is 10.0 Å². The molecule has 4 aromatic rings. The molecule has 10 heteroatoms. The Morgan fingerprint density at radius 2 is 1.77 bits per heavy atom. The minimum atomic E-state index is -3.89. The van der Waals surface area contributed by atoms with E-state index in [2.05, 4.69) is 31.0 Å². The monoisotopic (exact) mass is 521 g/mol. The Balaban J connectivity index is 1.60. The summed E-state index contributed by atoms with van der Waals surface area (Å²) in [6.45, 7) is 0. The van der Waals surface area contributed by atoms with Gasteiger partial charge in [0.1, 0.15) is 0 Å². The first-order valence-electron chi connectivity index (χ1n) is 8.57. The number of sulfonamides is 1. The van der Waals surface area contributed by atoms with E-state index in [0.29, 0.717) is 10.2 Å². The Kier molecular flexibility index (Phi) is 5.79. The lowest BCUT2D eigenvalue weighted by Crippen LogP contribution is -2.18. The molecule has 0 bridgehead atoms. The molecule has 1 heterocycles. The third-order valence-corrected chi connectivity index (χ3v) is 7.17. The van der Waals surface area contributed by atoms with Gasteiger partial charge in [-0.1, -0.05) is 51.0 Å². The second-order valence-corrected chi connectivity index (χ2v) is 10.3. The summed E-state index contributed by atoms with van der Waals surface area (Å²) in [7, 11) is -3.89. The Bertz CT molecular complexity index is 1360. The number of hydrogen-bond acceptors (Lipinski definition) is 5.